The first-order valence-electron chi connectivity index (χ1n) is 6.78. The Bertz CT molecular complexity index is 643. The van der Waals surface area contributed by atoms with Crippen LogP contribution in [0.5, 0.6) is 5.75 Å². The van der Waals surface area contributed by atoms with Crippen molar-refractivity contribution in [3.05, 3.63) is 34.1 Å². The van der Waals surface area contributed by atoms with Crippen LogP contribution in [0, 0.1) is 15.9 Å². The quantitative estimate of drug-likeness (QED) is 0.597. The van der Waals surface area contributed by atoms with E-state index >= 15 is 0 Å². The molecule has 0 fully saturated rings. The Labute approximate surface area is 136 Å². The van der Waals surface area contributed by atoms with E-state index in [1.165, 1.54) is 0 Å². The molecule has 1 atom stereocenters. The van der Waals surface area contributed by atoms with Crippen LogP contribution in [0.2, 0.25) is 0 Å². The minimum Gasteiger partial charge on any atom is -0.484 e. The number of nitro groups is 1. The van der Waals surface area contributed by atoms with Gasteiger partial charge in [-0.25, -0.2) is 14.0 Å². The number of nitrogens with one attached hydrogen (secondary N) is 1. The summed E-state index contributed by atoms with van der Waals surface area (Å²) in [5.41, 5.74) is -1.37. The highest BCUT2D eigenvalue weighted by atomic mass is 19.1. The van der Waals surface area contributed by atoms with Crippen molar-refractivity contribution < 1.29 is 33.5 Å². The molecular formula is C14H17FN2O7. The summed E-state index contributed by atoms with van der Waals surface area (Å²) in [5, 5.41) is 22.0. The zero-order valence-corrected chi connectivity index (χ0v) is 13.2. The maximum Gasteiger partial charge on any atom is 0.408 e. The lowest BCUT2D eigenvalue weighted by Gasteiger charge is -2.22. The van der Waals surface area contributed by atoms with Crippen LogP contribution in [0.25, 0.3) is 0 Å². The number of carboxylic acids is 1. The van der Waals surface area contributed by atoms with Crippen molar-refractivity contribution in [2.24, 2.45) is 0 Å². The van der Waals surface area contributed by atoms with Gasteiger partial charge in [0, 0.05) is 12.1 Å². The van der Waals surface area contributed by atoms with Crippen LogP contribution in [-0.4, -0.2) is 40.3 Å². The molecule has 132 valence electrons. The van der Waals surface area contributed by atoms with Gasteiger partial charge in [0.25, 0.3) is 0 Å². The number of carbonyl (C=O) groups is 2. The molecular weight excluding hydrogens is 327 g/mol. The number of hydrogen-bond donors (Lipinski definition) is 2. The molecule has 0 bridgehead atoms. The summed E-state index contributed by atoms with van der Waals surface area (Å²) in [6.45, 7) is 4.12. The van der Waals surface area contributed by atoms with Crippen LogP contribution >= 0.6 is 0 Å². The maximum atomic E-state index is 13.2. The number of halogens is 1. The number of carbonyl (C=O) groups excluding carboxylic acids is 1. The lowest BCUT2D eigenvalue weighted by molar-refractivity contribution is -0.385. The Morgan fingerprint density at radius 1 is 1.42 bits per heavy atom. The highest BCUT2D eigenvalue weighted by Gasteiger charge is 2.26. The number of carboxylic acid groups (broad SMARTS) is 1. The van der Waals surface area contributed by atoms with E-state index in [9.17, 15) is 24.1 Å². The zero-order chi connectivity index (χ0) is 18.5. The molecule has 0 aliphatic heterocycles. The average Bonchev–Trinajstić information content (AvgIpc) is 2.40. The molecule has 1 amide bonds. The molecule has 0 saturated carbocycles. The van der Waals surface area contributed by atoms with Crippen molar-refractivity contribution in [3.8, 4) is 5.75 Å². The first-order valence-corrected chi connectivity index (χ1v) is 6.78. The average molecular weight is 344 g/mol. The first-order chi connectivity index (χ1) is 11.0. The minimum atomic E-state index is -1.54. The summed E-state index contributed by atoms with van der Waals surface area (Å²) in [6.07, 6.45) is -0.993. The predicted octanol–water partition coefficient (Wildman–Crippen LogP) is 2.09. The molecule has 1 aromatic rings. The van der Waals surface area contributed by atoms with Gasteiger partial charge < -0.3 is 19.9 Å². The Kier molecular flexibility index (Phi) is 6.04. The first kappa shape index (κ1) is 19.1. The van der Waals surface area contributed by atoms with Gasteiger partial charge in [-0.2, -0.15) is 0 Å². The van der Waals surface area contributed by atoms with E-state index in [0.717, 1.165) is 18.2 Å². The van der Waals surface area contributed by atoms with Crippen molar-refractivity contribution in [1.29, 1.82) is 0 Å². The summed E-state index contributed by atoms with van der Waals surface area (Å²) in [6, 6.07) is 0.980. The number of benzene rings is 1. The van der Waals surface area contributed by atoms with E-state index in [0.29, 0.717) is 0 Å². The van der Waals surface area contributed by atoms with E-state index < -0.39 is 52.5 Å². The maximum absolute atomic E-state index is 13.2. The molecule has 1 aromatic carbocycles. The van der Waals surface area contributed by atoms with Crippen LogP contribution in [0.1, 0.15) is 20.8 Å². The summed E-state index contributed by atoms with van der Waals surface area (Å²) < 4.78 is 23.1. The normalized spacial score (nSPS) is 12.2. The molecule has 24 heavy (non-hydrogen) atoms. The molecule has 2 N–H and O–H groups in total. The minimum absolute atomic E-state index is 0.447. The van der Waals surface area contributed by atoms with Gasteiger partial charge in [0.15, 0.2) is 11.8 Å². The Morgan fingerprint density at radius 2 is 2.04 bits per heavy atom. The number of aliphatic carboxylic acids is 1. The second-order valence-electron chi connectivity index (χ2n) is 5.72. The van der Waals surface area contributed by atoms with E-state index in [1.807, 2.05) is 0 Å². The molecule has 0 aromatic heterocycles. The van der Waals surface area contributed by atoms with Gasteiger partial charge in [-0.15, -0.1) is 0 Å². The number of alkyl carbamates (subject to hydrolysis) is 1. The van der Waals surface area contributed by atoms with Crippen molar-refractivity contribution in [3.63, 3.8) is 0 Å². The molecule has 0 aliphatic rings. The number of nitrogens with zero attached hydrogens (tertiary/aromatic N) is 1. The molecule has 10 heteroatoms. The van der Waals surface area contributed by atoms with E-state index in [-0.39, 0.29) is 0 Å². The Morgan fingerprint density at radius 3 is 2.54 bits per heavy atom. The van der Waals surface area contributed by atoms with Gasteiger partial charge in [-0.1, -0.05) is 0 Å². The monoisotopic (exact) mass is 344 g/mol. The molecule has 1 unspecified atom stereocenters. The molecule has 0 heterocycles. The van der Waals surface area contributed by atoms with Gasteiger partial charge in [-0.3, -0.25) is 10.1 Å². The van der Waals surface area contributed by atoms with Crippen LogP contribution < -0.4 is 10.1 Å². The predicted molar refractivity (Wildman–Crippen MR) is 79.3 cm³/mol. The summed E-state index contributed by atoms with van der Waals surface area (Å²) in [4.78, 5) is 32.8. The molecule has 9 nitrogen and oxygen atoms in total. The van der Waals surface area contributed by atoms with Gasteiger partial charge >= 0.3 is 17.7 Å². The molecule has 0 spiro atoms. The van der Waals surface area contributed by atoms with Crippen LogP contribution in [0.3, 0.4) is 0 Å². The number of amides is 1. The number of hydrogen-bond acceptors (Lipinski definition) is 6. The van der Waals surface area contributed by atoms with Crippen molar-refractivity contribution in [2.75, 3.05) is 6.61 Å². The highest BCUT2D eigenvalue weighted by molar-refractivity contribution is 5.80. The second-order valence-corrected chi connectivity index (χ2v) is 5.72. The van der Waals surface area contributed by atoms with Crippen LogP contribution in [0.15, 0.2) is 18.2 Å². The van der Waals surface area contributed by atoms with E-state index in [1.54, 1.807) is 20.8 Å². The topological polar surface area (TPSA) is 128 Å². The molecule has 0 saturated heterocycles. The Hall–Kier alpha value is -2.91. The lowest BCUT2D eigenvalue weighted by Crippen LogP contribution is -2.46. The fourth-order valence-electron chi connectivity index (χ4n) is 1.55. The number of ether oxygens (including phenoxy) is 2. The van der Waals surface area contributed by atoms with Crippen LogP contribution in [-0.2, 0) is 9.53 Å². The van der Waals surface area contributed by atoms with Gasteiger partial charge in [0.1, 0.15) is 18.0 Å². The third-order valence-electron chi connectivity index (χ3n) is 2.51. The molecule has 0 radical (unpaired) electrons. The van der Waals surface area contributed by atoms with Gasteiger partial charge in [0.05, 0.1) is 4.92 Å². The summed E-state index contributed by atoms with van der Waals surface area (Å²) >= 11 is 0. The lowest BCUT2D eigenvalue weighted by atomic mass is 10.2. The fraction of sp³-hybridized carbons (Fsp3) is 0.429. The third kappa shape index (κ3) is 6.07. The Balaban J connectivity index is 2.81. The standard InChI is InChI=1S/C14H17FN2O7/c1-14(2,3)24-13(20)16-9(12(18)19)7-23-11-6-8(15)4-5-10(11)17(21)22/h4-6,9H,7H2,1-3H3,(H,16,20)(H,18,19). The van der Waals surface area contributed by atoms with E-state index in [2.05, 4.69) is 5.32 Å². The smallest absolute Gasteiger partial charge is 0.408 e. The zero-order valence-electron chi connectivity index (χ0n) is 13.2. The summed E-state index contributed by atoms with van der Waals surface area (Å²) in [5.74, 6) is -2.68. The highest BCUT2D eigenvalue weighted by Crippen LogP contribution is 2.27. The van der Waals surface area contributed by atoms with Gasteiger partial charge in [-0.05, 0) is 26.8 Å². The number of rotatable bonds is 6. The van der Waals surface area contributed by atoms with Crippen LogP contribution in [0.4, 0.5) is 14.9 Å². The summed E-state index contributed by atoms with van der Waals surface area (Å²) in [7, 11) is 0. The third-order valence-corrected chi connectivity index (χ3v) is 2.51. The fourth-order valence-corrected chi connectivity index (χ4v) is 1.55. The van der Waals surface area contributed by atoms with Crippen molar-refractivity contribution >= 4 is 17.7 Å². The molecule has 1 rings (SSSR count). The van der Waals surface area contributed by atoms with Crippen molar-refractivity contribution in [1.82, 2.24) is 5.32 Å². The second kappa shape index (κ2) is 7.57. The number of nitro benzene ring substituents is 1. The molecule has 0 aliphatic carbocycles. The van der Waals surface area contributed by atoms with E-state index in [4.69, 9.17) is 14.6 Å². The largest absolute Gasteiger partial charge is 0.484 e. The SMILES string of the molecule is CC(C)(C)OC(=O)NC(COc1cc(F)ccc1[N+](=O)[O-])C(=O)O. The van der Waals surface area contributed by atoms with Gasteiger partial charge in [0.2, 0.25) is 0 Å². The van der Waals surface area contributed by atoms with Crippen molar-refractivity contribution in [2.45, 2.75) is 32.4 Å².